The smallest absolute Gasteiger partial charge is 0.259 e. The Morgan fingerprint density at radius 2 is 2.18 bits per heavy atom. The molecule has 0 aliphatic carbocycles. The lowest BCUT2D eigenvalue weighted by Crippen LogP contribution is -2.14. The van der Waals surface area contributed by atoms with Gasteiger partial charge in [0.2, 0.25) is 0 Å². The van der Waals surface area contributed by atoms with E-state index in [9.17, 15) is 4.79 Å². The maximum absolute atomic E-state index is 11.9. The van der Waals surface area contributed by atoms with E-state index < -0.39 is 0 Å². The summed E-state index contributed by atoms with van der Waals surface area (Å²) in [5.74, 6) is -0.281. The van der Waals surface area contributed by atoms with Crippen LogP contribution in [0.4, 0.5) is 16.5 Å². The molecule has 2 aromatic rings. The number of carbonyl (C=O) groups excluding carboxylic acids is 1. The minimum Gasteiger partial charge on any atom is -0.399 e. The molecule has 5 N–H and O–H groups in total. The molecule has 0 aliphatic heterocycles. The van der Waals surface area contributed by atoms with Crippen LogP contribution in [-0.2, 0) is 0 Å². The molecule has 0 bridgehead atoms. The number of benzene rings is 1. The summed E-state index contributed by atoms with van der Waals surface area (Å²) in [5.41, 5.74) is 13.4. The average molecular weight is 248 g/mol. The molecule has 5 nitrogen and oxygen atoms in total. The van der Waals surface area contributed by atoms with Gasteiger partial charge in [0.1, 0.15) is 0 Å². The maximum atomic E-state index is 11.9. The van der Waals surface area contributed by atoms with E-state index in [0.717, 1.165) is 5.69 Å². The van der Waals surface area contributed by atoms with Crippen LogP contribution in [0, 0.1) is 6.92 Å². The van der Waals surface area contributed by atoms with E-state index in [1.165, 1.54) is 11.3 Å². The molecule has 88 valence electrons. The molecule has 0 spiro atoms. The van der Waals surface area contributed by atoms with Gasteiger partial charge in [-0.1, -0.05) is 0 Å². The molecular weight excluding hydrogens is 236 g/mol. The van der Waals surface area contributed by atoms with Crippen molar-refractivity contribution in [3.63, 3.8) is 0 Å². The Kier molecular flexibility index (Phi) is 2.97. The Morgan fingerprint density at radius 3 is 2.76 bits per heavy atom. The number of amides is 1. The van der Waals surface area contributed by atoms with Crippen LogP contribution in [0.25, 0.3) is 0 Å². The van der Waals surface area contributed by atoms with Crippen molar-refractivity contribution in [2.75, 3.05) is 16.8 Å². The van der Waals surface area contributed by atoms with Crippen molar-refractivity contribution in [2.24, 2.45) is 0 Å². The largest absolute Gasteiger partial charge is 0.399 e. The van der Waals surface area contributed by atoms with Crippen LogP contribution in [0.3, 0.4) is 0 Å². The summed E-state index contributed by atoms with van der Waals surface area (Å²) in [7, 11) is 0. The van der Waals surface area contributed by atoms with Gasteiger partial charge in [0.05, 0.1) is 11.3 Å². The molecule has 0 saturated carbocycles. The number of anilines is 3. The van der Waals surface area contributed by atoms with E-state index in [4.69, 9.17) is 11.5 Å². The first-order valence-corrected chi connectivity index (χ1v) is 5.82. The first-order valence-electron chi connectivity index (χ1n) is 4.95. The topological polar surface area (TPSA) is 94.0 Å². The van der Waals surface area contributed by atoms with Gasteiger partial charge in [0.25, 0.3) is 5.91 Å². The zero-order valence-corrected chi connectivity index (χ0v) is 10.0. The highest BCUT2D eigenvalue weighted by Crippen LogP contribution is 2.19. The molecule has 1 aromatic carbocycles. The molecule has 0 saturated heterocycles. The highest BCUT2D eigenvalue weighted by molar-refractivity contribution is 7.13. The third-order valence-electron chi connectivity index (χ3n) is 2.16. The minimum absolute atomic E-state index is 0.281. The van der Waals surface area contributed by atoms with E-state index in [0.29, 0.717) is 22.1 Å². The summed E-state index contributed by atoms with van der Waals surface area (Å²) in [6.07, 6.45) is 0. The molecule has 17 heavy (non-hydrogen) atoms. The molecular formula is C11H12N4OS. The fourth-order valence-corrected chi connectivity index (χ4v) is 2.05. The molecule has 0 aliphatic rings. The van der Waals surface area contributed by atoms with Crippen molar-refractivity contribution in [3.8, 4) is 0 Å². The van der Waals surface area contributed by atoms with E-state index in [2.05, 4.69) is 10.3 Å². The molecule has 0 atom stereocenters. The van der Waals surface area contributed by atoms with E-state index in [-0.39, 0.29) is 5.91 Å². The summed E-state index contributed by atoms with van der Waals surface area (Å²) in [4.78, 5) is 16.0. The molecule has 1 amide bonds. The molecule has 0 unspecified atom stereocenters. The quantitative estimate of drug-likeness (QED) is 0.707. The highest BCUT2D eigenvalue weighted by Gasteiger charge is 2.11. The first kappa shape index (κ1) is 11.4. The van der Waals surface area contributed by atoms with Crippen molar-refractivity contribution in [1.29, 1.82) is 0 Å². The second-order valence-electron chi connectivity index (χ2n) is 3.59. The van der Waals surface area contributed by atoms with Crippen LogP contribution in [0.1, 0.15) is 16.1 Å². The highest BCUT2D eigenvalue weighted by atomic mass is 32.1. The Bertz CT molecular complexity index is 564. The van der Waals surface area contributed by atoms with Crippen molar-refractivity contribution in [1.82, 2.24) is 4.98 Å². The van der Waals surface area contributed by atoms with Gasteiger partial charge in [0.15, 0.2) is 5.13 Å². The van der Waals surface area contributed by atoms with Gasteiger partial charge >= 0.3 is 0 Å². The first-order chi connectivity index (χ1) is 8.06. The molecule has 0 radical (unpaired) electrons. The number of nitrogens with two attached hydrogens (primary N) is 2. The van der Waals surface area contributed by atoms with Gasteiger partial charge < -0.3 is 11.5 Å². The Balaban J connectivity index is 2.20. The number of thiazole rings is 1. The maximum Gasteiger partial charge on any atom is 0.259 e. The number of nitrogens with zero attached hydrogens (tertiary/aromatic N) is 1. The minimum atomic E-state index is -0.281. The molecule has 6 heteroatoms. The zero-order valence-electron chi connectivity index (χ0n) is 9.23. The normalized spacial score (nSPS) is 10.2. The number of nitrogens with one attached hydrogen (secondary N) is 1. The van der Waals surface area contributed by atoms with Crippen LogP contribution in [0.2, 0.25) is 0 Å². The van der Waals surface area contributed by atoms with E-state index in [1.54, 1.807) is 18.2 Å². The Labute approximate surface area is 102 Å². The SMILES string of the molecule is Cc1csc(NC(=O)c2ccc(N)cc2N)n1. The second-order valence-corrected chi connectivity index (χ2v) is 4.45. The average Bonchev–Trinajstić information content (AvgIpc) is 2.63. The van der Waals surface area contributed by atoms with Crippen molar-refractivity contribution >= 4 is 33.8 Å². The summed E-state index contributed by atoms with van der Waals surface area (Å²) < 4.78 is 0. The molecule has 0 fully saturated rings. The van der Waals surface area contributed by atoms with Gasteiger partial charge in [-0.25, -0.2) is 4.98 Å². The fourth-order valence-electron chi connectivity index (χ4n) is 1.36. The number of aromatic nitrogens is 1. The van der Waals surface area contributed by atoms with E-state index in [1.807, 2.05) is 12.3 Å². The summed E-state index contributed by atoms with van der Waals surface area (Å²) in [6.45, 7) is 1.86. The molecule has 2 rings (SSSR count). The summed E-state index contributed by atoms with van der Waals surface area (Å²) in [6, 6.07) is 4.79. The Morgan fingerprint density at radius 1 is 1.41 bits per heavy atom. The number of hydrogen-bond donors (Lipinski definition) is 3. The number of hydrogen-bond acceptors (Lipinski definition) is 5. The van der Waals surface area contributed by atoms with Crippen molar-refractivity contribution in [3.05, 3.63) is 34.8 Å². The van der Waals surface area contributed by atoms with Gasteiger partial charge in [-0.2, -0.15) is 0 Å². The monoisotopic (exact) mass is 248 g/mol. The number of rotatable bonds is 2. The lowest BCUT2D eigenvalue weighted by Gasteiger charge is -2.05. The lowest BCUT2D eigenvalue weighted by molar-refractivity contribution is 0.102. The standard InChI is InChI=1S/C11H12N4OS/c1-6-5-17-11(14-6)15-10(16)8-3-2-7(12)4-9(8)13/h2-5H,12-13H2,1H3,(H,14,15,16). The van der Waals surface area contributed by atoms with Crippen LogP contribution in [0.15, 0.2) is 23.6 Å². The van der Waals surface area contributed by atoms with Gasteiger partial charge in [-0.15, -0.1) is 11.3 Å². The van der Waals surface area contributed by atoms with Crippen molar-refractivity contribution < 1.29 is 4.79 Å². The third kappa shape index (κ3) is 2.54. The summed E-state index contributed by atoms with van der Waals surface area (Å²) >= 11 is 1.37. The number of nitrogen functional groups attached to an aromatic ring is 2. The van der Waals surface area contributed by atoms with Crippen molar-refractivity contribution in [2.45, 2.75) is 6.92 Å². The van der Waals surface area contributed by atoms with E-state index >= 15 is 0 Å². The molecule has 1 heterocycles. The number of aryl methyl sites for hydroxylation is 1. The zero-order chi connectivity index (χ0) is 12.4. The predicted octanol–water partition coefficient (Wildman–Crippen LogP) is 1.87. The predicted molar refractivity (Wildman–Crippen MR) is 70.1 cm³/mol. The van der Waals surface area contributed by atoms with Crippen LogP contribution < -0.4 is 16.8 Å². The summed E-state index contributed by atoms with van der Waals surface area (Å²) in [5, 5.41) is 5.11. The fraction of sp³-hybridized carbons (Fsp3) is 0.0909. The van der Waals surface area contributed by atoms with Crippen LogP contribution in [0.5, 0.6) is 0 Å². The van der Waals surface area contributed by atoms with Crippen LogP contribution >= 0.6 is 11.3 Å². The van der Waals surface area contributed by atoms with Gasteiger partial charge in [-0.05, 0) is 25.1 Å². The number of carbonyl (C=O) groups is 1. The lowest BCUT2D eigenvalue weighted by atomic mass is 10.1. The van der Waals surface area contributed by atoms with Gasteiger partial charge in [-0.3, -0.25) is 10.1 Å². The van der Waals surface area contributed by atoms with Crippen LogP contribution in [-0.4, -0.2) is 10.9 Å². The van der Waals surface area contributed by atoms with Gasteiger partial charge in [0, 0.05) is 16.8 Å². The second kappa shape index (κ2) is 4.42. The third-order valence-corrected chi connectivity index (χ3v) is 3.04. The molecule has 1 aromatic heterocycles. The Hall–Kier alpha value is -2.08.